The average Bonchev–Trinajstić information content (AvgIpc) is 2.70. The number of anilines is 1. The highest BCUT2D eigenvalue weighted by molar-refractivity contribution is 5.92. The molecule has 5 nitrogen and oxygen atoms in total. The van der Waals surface area contributed by atoms with Crippen LogP contribution in [0, 0.1) is 6.92 Å². The van der Waals surface area contributed by atoms with Crippen LogP contribution in [0.3, 0.4) is 0 Å². The summed E-state index contributed by atoms with van der Waals surface area (Å²) in [5.74, 6) is 0.0852. The van der Waals surface area contributed by atoms with Gasteiger partial charge in [-0.3, -0.25) is 14.5 Å². The molecule has 0 aromatic heterocycles. The minimum absolute atomic E-state index is 0.0377. The largest absolute Gasteiger partial charge is 0.340 e. The van der Waals surface area contributed by atoms with Crippen LogP contribution >= 0.6 is 0 Å². The Morgan fingerprint density at radius 3 is 2.18 bits per heavy atom. The minimum atomic E-state index is -0.0377. The van der Waals surface area contributed by atoms with Gasteiger partial charge in [-0.1, -0.05) is 48.0 Å². The Labute approximate surface area is 167 Å². The summed E-state index contributed by atoms with van der Waals surface area (Å²) in [4.78, 5) is 30.7. The second-order valence-corrected chi connectivity index (χ2v) is 7.40. The molecule has 0 radical (unpaired) electrons. The molecule has 1 aliphatic rings. The number of aryl methyl sites for hydroxylation is 1. The van der Waals surface area contributed by atoms with Crippen LogP contribution in [0.5, 0.6) is 0 Å². The van der Waals surface area contributed by atoms with E-state index in [0.29, 0.717) is 13.0 Å². The van der Waals surface area contributed by atoms with E-state index in [2.05, 4.69) is 29.2 Å². The fourth-order valence-electron chi connectivity index (χ4n) is 3.56. The Bertz CT molecular complexity index is 781. The Morgan fingerprint density at radius 2 is 1.57 bits per heavy atom. The Balaban J connectivity index is 1.48. The molecule has 1 aliphatic heterocycles. The van der Waals surface area contributed by atoms with Gasteiger partial charge in [0.2, 0.25) is 11.8 Å². The van der Waals surface area contributed by atoms with Crippen LogP contribution in [0.15, 0.2) is 54.6 Å². The molecule has 0 bridgehead atoms. The van der Waals surface area contributed by atoms with Gasteiger partial charge >= 0.3 is 0 Å². The zero-order chi connectivity index (χ0) is 19.9. The molecule has 0 saturated carbocycles. The van der Waals surface area contributed by atoms with E-state index < -0.39 is 0 Å². The first kappa shape index (κ1) is 20.1. The smallest absolute Gasteiger partial charge is 0.224 e. The SMILES string of the molecule is CC(=O)N(CCC(=O)N1CCN(Cc2ccccc2)CC1)c1ccc(C)cc1. The van der Waals surface area contributed by atoms with Crippen molar-refractivity contribution in [1.29, 1.82) is 0 Å². The molecule has 0 atom stereocenters. The molecule has 1 saturated heterocycles. The molecule has 3 rings (SSSR count). The van der Waals surface area contributed by atoms with Crippen molar-refractivity contribution in [2.24, 2.45) is 0 Å². The monoisotopic (exact) mass is 379 g/mol. The number of hydrogen-bond donors (Lipinski definition) is 0. The third-order valence-electron chi connectivity index (χ3n) is 5.25. The molecule has 148 valence electrons. The first-order valence-corrected chi connectivity index (χ1v) is 9.92. The number of amides is 2. The van der Waals surface area contributed by atoms with Gasteiger partial charge in [0.25, 0.3) is 0 Å². The number of carbonyl (C=O) groups is 2. The lowest BCUT2D eigenvalue weighted by atomic mass is 10.2. The minimum Gasteiger partial charge on any atom is -0.340 e. The van der Waals surface area contributed by atoms with Crippen molar-refractivity contribution in [3.8, 4) is 0 Å². The van der Waals surface area contributed by atoms with Crippen LogP contribution in [0.4, 0.5) is 5.69 Å². The predicted octanol–water partition coefficient (Wildman–Crippen LogP) is 3.08. The number of benzene rings is 2. The van der Waals surface area contributed by atoms with Gasteiger partial charge in [0.1, 0.15) is 0 Å². The first-order chi connectivity index (χ1) is 13.5. The van der Waals surface area contributed by atoms with Gasteiger partial charge in [-0.25, -0.2) is 0 Å². The van der Waals surface area contributed by atoms with Gasteiger partial charge in [-0.05, 0) is 24.6 Å². The van der Waals surface area contributed by atoms with E-state index in [0.717, 1.165) is 44.0 Å². The van der Waals surface area contributed by atoms with Crippen molar-refractivity contribution >= 4 is 17.5 Å². The molecule has 2 aromatic rings. The average molecular weight is 380 g/mol. The Morgan fingerprint density at radius 1 is 0.929 bits per heavy atom. The number of carbonyl (C=O) groups excluding carboxylic acids is 2. The molecule has 5 heteroatoms. The molecule has 1 fully saturated rings. The topological polar surface area (TPSA) is 43.9 Å². The summed E-state index contributed by atoms with van der Waals surface area (Å²) in [6, 6.07) is 18.3. The van der Waals surface area contributed by atoms with E-state index in [4.69, 9.17) is 0 Å². The van der Waals surface area contributed by atoms with Gasteiger partial charge < -0.3 is 9.80 Å². The summed E-state index contributed by atoms with van der Waals surface area (Å²) >= 11 is 0. The van der Waals surface area contributed by atoms with Crippen molar-refractivity contribution < 1.29 is 9.59 Å². The lowest BCUT2D eigenvalue weighted by molar-refractivity contribution is -0.132. The van der Waals surface area contributed by atoms with Gasteiger partial charge in [-0.2, -0.15) is 0 Å². The third kappa shape index (κ3) is 5.42. The van der Waals surface area contributed by atoms with Crippen LogP contribution in [0.25, 0.3) is 0 Å². The molecule has 1 heterocycles. The van der Waals surface area contributed by atoms with Gasteiger partial charge in [0.15, 0.2) is 0 Å². The molecule has 2 aromatic carbocycles. The maximum absolute atomic E-state index is 12.6. The van der Waals surface area contributed by atoms with Crippen molar-refractivity contribution in [2.45, 2.75) is 26.8 Å². The Hall–Kier alpha value is -2.66. The van der Waals surface area contributed by atoms with Crippen LogP contribution in [0.1, 0.15) is 24.5 Å². The van der Waals surface area contributed by atoms with E-state index in [9.17, 15) is 9.59 Å². The number of rotatable bonds is 6. The molecule has 0 spiro atoms. The van der Waals surface area contributed by atoms with Crippen molar-refractivity contribution in [2.75, 3.05) is 37.6 Å². The maximum atomic E-state index is 12.6. The molecule has 2 amide bonds. The number of hydrogen-bond acceptors (Lipinski definition) is 3. The van der Waals surface area contributed by atoms with Crippen LogP contribution < -0.4 is 4.90 Å². The molecule has 0 aliphatic carbocycles. The predicted molar refractivity (Wildman–Crippen MR) is 112 cm³/mol. The van der Waals surface area contributed by atoms with Crippen molar-refractivity contribution in [3.05, 3.63) is 65.7 Å². The van der Waals surface area contributed by atoms with Crippen LogP contribution in [-0.2, 0) is 16.1 Å². The third-order valence-corrected chi connectivity index (χ3v) is 5.25. The highest BCUT2D eigenvalue weighted by atomic mass is 16.2. The summed E-state index contributed by atoms with van der Waals surface area (Å²) in [7, 11) is 0. The van der Waals surface area contributed by atoms with E-state index in [1.54, 1.807) is 11.8 Å². The zero-order valence-corrected chi connectivity index (χ0v) is 16.8. The van der Waals surface area contributed by atoms with Gasteiger partial charge in [0, 0.05) is 58.3 Å². The lowest BCUT2D eigenvalue weighted by Crippen LogP contribution is -2.49. The standard InChI is InChI=1S/C23H29N3O2/c1-19-8-10-22(11-9-19)26(20(2)27)13-12-23(28)25-16-14-24(15-17-25)18-21-6-4-3-5-7-21/h3-11H,12-18H2,1-2H3. The molecular formula is C23H29N3O2. The lowest BCUT2D eigenvalue weighted by Gasteiger charge is -2.35. The quantitative estimate of drug-likeness (QED) is 0.775. The second-order valence-electron chi connectivity index (χ2n) is 7.40. The van der Waals surface area contributed by atoms with Crippen molar-refractivity contribution in [3.63, 3.8) is 0 Å². The van der Waals surface area contributed by atoms with Crippen molar-refractivity contribution in [1.82, 2.24) is 9.80 Å². The zero-order valence-electron chi connectivity index (χ0n) is 16.8. The highest BCUT2D eigenvalue weighted by Crippen LogP contribution is 2.16. The molecule has 0 N–H and O–H groups in total. The summed E-state index contributed by atoms with van der Waals surface area (Å²) in [5.41, 5.74) is 3.30. The van der Waals surface area contributed by atoms with E-state index in [1.807, 2.05) is 42.2 Å². The molecule has 28 heavy (non-hydrogen) atoms. The first-order valence-electron chi connectivity index (χ1n) is 9.92. The van der Waals surface area contributed by atoms with E-state index in [-0.39, 0.29) is 11.8 Å². The summed E-state index contributed by atoms with van der Waals surface area (Å²) in [5, 5.41) is 0. The van der Waals surface area contributed by atoms with E-state index in [1.165, 1.54) is 5.56 Å². The molecular weight excluding hydrogens is 350 g/mol. The highest BCUT2D eigenvalue weighted by Gasteiger charge is 2.22. The summed E-state index contributed by atoms with van der Waals surface area (Å²) in [6.45, 7) is 8.17. The van der Waals surface area contributed by atoms with Crippen LogP contribution in [-0.4, -0.2) is 54.3 Å². The van der Waals surface area contributed by atoms with Crippen LogP contribution in [0.2, 0.25) is 0 Å². The number of piperazine rings is 1. The maximum Gasteiger partial charge on any atom is 0.224 e. The van der Waals surface area contributed by atoms with Gasteiger partial charge in [0.05, 0.1) is 0 Å². The normalized spacial score (nSPS) is 14.7. The van der Waals surface area contributed by atoms with Gasteiger partial charge in [-0.15, -0.1) is 0 Å². The summed E-state index contributed by atoms with van der Waals surface area (Å²) in [6.07, 6.45) is 0.353. The second kappa shape index (κ2) is 9.51. The molecule has 0 unspecified atom stereocenters. The fourth-order valence-corrected chi connectivity index (χ4v) is 3.56. The van der Waals surface area contributed by atoms with E-state index >= 15 is 0 Å². The fraction of sp³-hybridized carbons (Fsp3) is 0.391. The Kier molecular flexibility index (Phi) is 6.82. The summed E-state index contributed by atoms with van der Waals surface area (Å²) < 4.78 is 0. The number of nitrogens with zero attached hydrogens (tertiary/aromatic N) is 3.